The van der Waals surface area contributed by atoms with Gasteiger partial charge in [-0.25, -0.2) is 17.9 Å². The highest BCUT2D eigenvalue weighted by Crippen LogP contribution is 2.16. The number of sulfonamides is 1. The van der Waals surface area contributed by atoms with Gasteiger partial charge in [-0.1, -0.05) is 24.3 Å². The summed E-state index contributed by atoms with van der Waals surface area (Å²) in [5.41, 5.74) is 1.32. The minimum Gasteiger partial charge on any atom is -0.349 e. The van der Waals surface area contributed by atoms with Crippen LogP contribution in [0.3, 0.4) is 0 Å². The number of halogens is 1. The molecule has 2 rings (SSSR count). The van der Waals surface area contributed by atoms with E-state index in [1.807, 2.05) is 0 Å². The number of primary sulfonamides is 1. The second kappa shape index (κ2) is 6.89. The van der Waals surface area contributed by atoms with Gasteiger partial charge in [-0.2, -0.15) is 0 Å². The fourth-order valence-corrected chi connectivity index (χ4v) is 2.67. The summed E-state index contributed by atoms with van der Waals surface area (Å²) in [6, 6.07) is 11.5. The maximum atomic E-state index is 13.1. The Morgan fingerprint density at radius 3 is 2.43 bits per heavy atom. The van der Waals surface area contributed by atoms with Crippen molar-refractivity contribution < 1.29 is 17.6 Å². The number of rotatable bonds is 5. The van der Waals surface area contributed by atoms with Crippen molar-refractivity contribution in [3.8, 4) is 0 Å². The van der Waals surface area contributed by atoms with Crippen molar-refractivity contribution in [2.45, 2.75) is 24.3 Å². The summed E-state index contributed by atoms with van der Waals surface area (Å²) < 4.78 is 35.5. The molecule has 0 radical (unpaired) electrons. The van der Waals surface area contributed by atoms with Crippen LogP contribution in [0.25, 0.3) is 0 Å². The number of nitrogens with two attached hydrogens (primary N) is 1. The Bertz CT molecular complexity index is 804. The summed E-state index contributed by atoms with van der Waals surface area (Å²) in [6.07, 6.45) is 0.0668. The second-order valence-electron chi connectivity index (χ2n) is 5.21. The van der Waals surface area contributed by atoms with Crippen LogP contribution in [0.2, 0.25) is 0 Å². The topological polar surface area (TPSA) is 89.3 Å². The lowest BCUT2D eigenvalue weighted by Crippen LogP contribution is -2.28. The van der Waals surface area contributed by atoms with Gasteiger partial charge in [0.25, 0.3) is 0 Å². The van der Waals surface area contributed by atoms with E-state index in [1.165, 1.54) is 24.3 Å². The summed E-state index contributed by atoms with van der Waals surface area (Å²) in [5.74, 6) is -0.638. The van der Waals surface area contributed by atoms with Gasteiger partial charge in [-0.3, -0.25) is 4.79 Å². The molecule has 0 saturated carbocycles. The lowest BCUT2D eigenvalue weighted by molar-refractivity contribution is -0.121. The van der Waals surface area contributed by atoms with E-state index < -0.39 is 10.0 Å². The summed E-state index contributed by atoms with van der Waals surface area (Å²) in [6.45, 7) is 1.77. The van der Waals surface area contributed by atoms with Gasteiger partial charge in [-0.15, -0.1) is 0 Å². The third-order valence-electron chi connectivity index (χ3n) is 3.34. The lowest BCUT2D eigenvalue weighted by atomic mass is 10.1. The molecule has 0 spiro atoms. The summed E-state index contributed by atoms with van der Waals surface area (Å²) in [4.78, 5) is 12.0. The number of nitrogens with one attached hydrogen (secondary N) is 1. The molecule has 0 bridgehead atoms. The molecule has 122 valence electrons. The first-order valence-corrected chi connectivity index (χ1v) is 8.47. The monoisotopic (exact) mass is 336 g/mol. The Kier molecular flexibility index (Phi) is 5.12. The van der Waals surface area contributed by atoms with E-state index in [1.54, 1.807) is 31.2 Å². The number of carbonyl (C=O) groups excluding carboxylic acids is 1. The minimum absolute atomic E-state index is 0.0135. The molecule has 0 aromatic heterocycles. The van der Waals surface area contributed by atoms with Crippen LogP contribution in [0.15, 0.2) is 53.4 Å². The van der Waals surface area contributed by atoms with E-state index in [9.17, 15) is 17.6 Å². The molecule has 1 atom stereocenters. The predicted molar refractivity (Wildman–Crippen MR) is 84.5 cm³/mol. The van der Waals surface area contributed by atoms with Gasteiger partial charge in [0.1, 0.15) is 5.82 Å². The molecular weight excluding hydrogens is 319 g/mol. The molecular formula is C16H17FN2O3S. The maximum absolute atomic E-state index is 13.1. The van der Waals surface area contributed by atoms with Gasteiger partial charge < -0.3 is 5.32 Å². The number of hydrogen-bond donors (Lipinski definition) is 2. The standard InChI is InChI=1S/C16H17FN2O3S/c1-11(13-5-7-15(8-6-13)23(18,21)22)19-16(20)10-12-3-2-4-14(17)9-12/h2-9,11H,10H2,1H3,(H,19,20)(H2,18,21,22). The van der Waals surface area contributed by atoms with E-state index in [2.05, 4.69) is 5.32 Å². The van der Waals surface area contributed by atoms with E-state index in [-0.39, 0.29) is 29.1 Å². The molecule has 0 saturated heterocycles. The highest BCUT2D eigenvalue weighted by atomic mass is 32.2. The number of carbonyl (C=O) groups is 1. The molecule has 0 aliphatic heterocycles. The van der Waals surface area contributed by atoms with Crippen LogP contribution < -0.4 is 10.5 Å². The molecule has 0 aliphatic rings. The second-order valence-corrected chi connectivity index (χ2v) is 6.77. The lowest BCUT2D eigenvalue weighted by Gasteiger charge is -2.15. The summed E-state index contributed by atoms with van der Waals surface area (Å²) >= 11 is 0. The Hall–Kier alpha value is -2.25. The third-order valence-corrected chi connectivity index (χ3v) is 4.27. The molecule has 3 N–H and O–H groups in total. The third kappa shape index (κ3) is 4.87. The average Bonchev–Trinajstić information content (AvgIpc) is 2.46. The number of hydrogen-bond acceptors (Lipinski definition) is 3. The molecule has 5 nitrogen and oxygen atoms in total. The first-order chi connectivity index (χ1) is 10.8. The van der Waals surface area contributed by atoms with Crippen molar-refractivity contribution in [1.29, 1.82) is 0 Å². The number of amides is 1. The molecule has 1 amide bonds. The molecule has 0 aliphatic carbocycles. The Balaban J connectivity index is 2.01. The van der Waals surface area contributed by atoms with Crippen LogP contribution in [0.1, 0.15) is 24.1 Å². The van der Waals surface area contributed by atoms with Gasteiger partial charge in [0, 0.05) is 0 Å². The quantitative estimate of drug-likeness (QED) is 0.874. The Morgan fingerprint density at radius 2 is 1.87 bits per heavy atom. The fraction of sp³-hybridized carbons (Fsp3) is 0.188. The Morgan fingerprint density at radius 1 is 1.22 bits per heavy atom. The first-order valence-electron chi connectivity index (χ1n) is 6.92. The minimum atomic E-state index is -3.74. The predicted octanol–water partition coefficient (Wildman–Crippen LogP) is 1.89. The van der Waals surface area contributed by atoms with Crippen molar-refractivity contribution in [2.24, 2.45) is 5.14 Å². The average molecular weight is 336 g/mol. The van der Waals surface area contributed by atoms with Crippen LogP contribution >= 0.6 is 0 Å². The zero-order valence-electron chi connectivity index (χ0n) is 12.5. The van der Waals surface area contributed by atoms with Gasteiger partial charge >= 0.3 is 0 Å². The molecule has 7 heteroatoms. The van der Waals surface area contributed by atoms with Crippen molar-refractivity contribution in [3.63, 3.8) is 0 Å². The summed E-state index contributed by atoms with van der Waals surface area (Å²) in [7, 11) is -3.74. The number of benzene rings is 2. The fourth-order valence-electron chi connectivity index (χ4n) is 2.15. The van der Waals surface area contributed by atoms with Gasteiger partial charge in [0.2, 0.25) is 15.9 Å². The van der Waals surface area contributed by atoms with E-state index in [0.29, 0.717) is 5.56 Å². The molecule has 2 aromatic rings. The van der Waals surface area contributed by atoms with Crippen LogP contribution in [0.5, 0.6) is 0 Å². The van der Waals surface area contributed by atoms with Crippen LogP contribution in [-0.2, 0) is 21.2 Å². The Labute approximate surface area is 134 Å². The van der Waals surface area contributed by atoms with Crippen LogP contribution in [0, 0.1) is 5.82 Å². The van der Waals surface area contributed by atoms with Crippen molar-refractivity contribution in [2.75, 3.05) is 0 Å². The van der Waals surface area contributed by atoms with E-state index >= 15 is 0 Å². The normalized spacial score (nSPS) is 12.7. The zero-order valence-corrected chi connectivity index (χ0v) is 13.3. The van der Waals surface area contributed by atoms with Crippen LogP contribution in [0.4, 0.5) is 4.39 Å². The van der Waals surface area contributed by atoms with Crippen LogP contribution in [-0.4, -0.2) is 14.3 Å². The highest BCUT2D eigenvalue weighted by molar-refractivity contribution is 7.89. The highest BCUT2D eigenvalue weighted by Gasteiger charge is 2.12. The summed E-state index contributed by atoms with van der Waals surface area (Å²) in [5, 5.41) is 7.81. The zero-order chi connectivity index (χ0) is 17.0. The largest absolute Gasteiger partial charge is 0.349 e. The maximum Gasteiger partial charge on any atom is 0.238 e. The first kappa shape index (κ1) is 17.1. The van der Waals surface area contributed by atoms with Crippen molar-refractivity contribution in [3.05, 3.63) is 65.5 Å². The van der Waals surface area contributed by atoms with Gasteiger partial charge in [-0.05, 0) is 42.3 Å². The van der Waals surface area contributed by atoms with Crippen molar-refractivity contribution >= 4 is 15.9 Å². The van der Waals surface area contributed by atoms with E-state index in [4.69, 9.17) is 5.14 Å². The molecule has 23 heavy (non-hydrogen) atoms. The van der Waals surface area contributed by atoms with Gasteiger partial charge in [0.05, 0.1) is 17.4 Å². The molecule has 2 aromatic carbocycles. The molecule has 0 fully saturated rings. The SMILES string of the molecule is CC(NC(=O)Cc1cccc(F)c1)c1ccc(S(N)(=O)=O)cc1. The molecule has 1 unspecified atom stereocenters. The smallest absolute Gasteiger partial charge is 0.238 e. The molecule has 0 heterocycles. The van der Waals surface area contributed by atoms with Gasteiger partial charge in [0.15, 0.2) is 0 Å². The van der Waals surface area contributed by atoms with E-state index in [0.717, 1.165) is 5.56 Å². The van der Waals surface area contributed by atoms with Crippen molar-refractivity contribution in [1.82, 2.24) is 5.32 Å².